The molecule has 33 heavy (non-hydrogen) atoms. The van der Waals surface area contributed by atoms with Gasteiger partial charge in [-0.2, -0.15) is 0 Å². The van der Waals surface area contributed by atoms with Crippen molar-refractivity contribution in [2.45, 2.75) is 13.0 Å². The number of rotatable bonds is 8. The summed E-state index contributed by atoms with van der Waals surface area (Å²) in [5.41, 5.74) is 1.18. The average Bonchev–Trinajstić information content (AvgIpc) is 3.31. The molecule has 8 heteroatoms. The minimum Gasteiger partial charge on any atom is -0.503 e. The van der Waals surface area contributed by atoms with E-state index < -0.39 is 23.5 Å². The van der Waals surface area contributed by atoms with E-state index in [0.717, 1.165) is 0 Å². The second kappa shape index (κ2) is 9.29. The fraction of sp³-hybridized carbons (Fsp3) is 0.280. The van der Waals surface area contributed by atoms with Crippen LogP contribution in [0, 0.1) is 0 Å². The van der Waals surface area contributed by atoms with Crippen LogP contribution in [0.15, 0.2) is 64.3 Å². The summed E-state index contributed by atoms with van der Waals surface area (Å²) in [6, 6.07) is 13.0. The normalized spacial score (nSPS) is 16.3. The van der Waals surface area contributed by atoms with E-state index in [4.69, 9.17) is 20.8 Å². The lowest BCUT2D eigenvalue weighted by molar-refractivity contribution is -0.129. The number of aliphatic hydroxyl groups excluding tert-OH is 1. The summed E-state index contributed by atoms with van der Waals surface area (Å²) in [4.78, 5) is 30.0. The van der Waals surface area contributed by atoms with Crippen LogP contribution in [0.4, 0.5) is 0 Å². The number of amides is 1. The first kappa shape index (κ1) is 22.9. The van der Waals surface area contributed by atoms with Crippen molar-refractivity contribution in [1.82, 2.24) is 9.80 Å². The van der Waals surface area contributed by atoms with Gasteiger partial charge in [0.15, 0.2) is 11.5 Å². The molecule has 7 nitrogen and oxygen atoms in total. The number of Topliss-reactive ketones (excluding diaryl/α,β-unsaturated/α-hetero) is 1. The second-order valence-electron chi connectivity index (χ2n) is 8.09. The van der Waals surface area contributed by atoms with E-state index in [0.29, 0.717) is 47.0 Å². The van der Waals surface area contributed by atoms with Crippen LogP contribution in [0.1, 0.15) is 29.1 Å². The number of furan rings is 1. The number of likely N-dealkylation sites (N-methyl/N-ethyl adjacent to an activating group) is 1. The van der Waals surface area contributed by atoms with Gasteiger partial charge in [-0.3, -0.25) is 9.59 Å². The van der Waals surface area contributed by atoms with Crippen LogP contribution in [-0.2, 0) is 4.79 Å². The minimum atomic E-state index is -0.752. The van der Waals surface area contributed by atoms with E-state index in [1.807, 2.05) is 25.9 Å². The van der Waals surface area contributed by atoms with E-state index >= 15 is 0 Å². The molecule has 1 unspecified atom stereocenters. The molecule has 4 rings (SSSR count). The first-order chi connectivity index (χ1) is 15.8. The minimum absolute atomic E-state index is 0.00642. The molecule has 0 radical (unpaired) electrons. The number of ketones is 1. The largest absolute Gasteiger partial charge is 0.503 e. The highest BCUT2D eigenvalue weighted by molar-refractivity contribution is 6.31. The second-order valence-corrected chi connectivity index (χ2v) is 8.53. The number of hydrogen-bond acceptors (Lipinski definition) is 6. The fourth-order valence-corrected chi connectivity index (χ4v) is 4.12. The Bertz CT molecular complexity index is 1230. The molecular weight excluding hydrogens is 444 g/mol. The number of fused-ring (bicyclic) bond motifs is 1. The Labute approximate surface area is 196 Å². The lowest BCUT2D eigenvalue weighted by Gasteiger charge is -2.28. The predicted molar refractivity (Wildman–Crippen MR) is 126 cm³/mol. The molecule has 172 valence electrons. The molecule has 2 aromatic carbocycles. The zero-order valence-corrected chi connectivity index (χ0v) is 19.4. The molecule has 0 saturated heterocycles. The monoisotopic (exact) mass is 468 g/mol. The number of nitrogens with zero attached hydrogens (tertiary/aromatic N) is 2. The molecule has 0 aliphatic carbocycles. The van der Waals surface area contributed by atoms with Crippen molar-refractivity contribution in [3.05, 3.63) is 76.2 Å². The maximum atomic E-state index is 13.5. The molecule has 0 saturated carbocycles. The third-order valence-corrected chi connectivity index (χ3v) is 5.78. The third-order valence-electron chi connectivity index (χ3n) is 5.55. The number of aliphatic hydroxyl groups is 1. The molecular formula is C25H25ClN2O5. The number of halogens is 1. The lowest BCUT2D eigenvalue weighted by atomic mass is 9.95. The summed E-state index contributed by atoms with van der Waals surface area (Å²) >= 11 is 6.05. The number of ether oxygens (including phenoxy) is 1. The van der Waals surface area contributed by atoms with Crippen LogP contribution in [-0.4, -0.2) is 60.4 Å². The molecule has 1 amide bonds. The number of hydrogen-bond donors (Lipinski definition) is 1. The van der Waals surface area contributed by atoms with Gasteiger partial charge in [-0.1, -0.05) is 23.7 Å². The van der Waals surface area contributed by atoms with Gasteiger partial charge < -0.3 is 24.1 Å². The Morgan fingerprint density at radius 3 is 2.58 bits per heavy atom. The van der Waals surface area contributed by atoms with Gasteiger partial charge in [0, 0.05) is 23.5 Å². The Morgan fingerprint density at radius 1 is 1.18 bits per heavy atom. The molecule has 1 aliphatic heterocycles. The standard InChI is InChI=1S/C25H25ClN2O5/c1-4-32-18-8-5-15(6-9-18)22-21(24(30)25(31)28(22)12-11-27(2)3)23(29)20-14-16-13-17(26)7-10-19(16)33-20/h5-10,13-14,22,30H,4,11-12H2,1-3H3. The van der Waals surface area contributed by atoms with Gasteiger partial charge >= 0.3 is 0 Å². The van der Waals surface area contributed by atoms with Gasteiger partial charge in [-0.15, -0.1) is 0 Å². The maximum absolute atomic E-state index is 13.5. The highest BCUT2D eigenvalue weighted by Gasteiger charge is 2.44. The van der Waals surface area contributed by atoms with Crippen LogP contribution in [0.3, 0.4) is 0 Å². The Hall–Kier alpha value is -3.29. The van der Waals surface area contributed by atoms with Gasteiger partial charge in [0.2, 0.25) is 5.78 Å². The first-order valence-electron chi connectivity index (χ1n) is 10.7. The smallest absolute Gasteiger partial charge is 0.290 e. The molecule has 1 aliphatic rings. The average molecular weight is 469 g/mol. The summed E-state index contributed by atoms with van der Waals surface area (Å²) in [7, 11) is 3.79. The summed E-state index contributed by atoms with van der Waals surface area (Å²) < 4.78 is 11.3. The first-order valence-corrected chi connectivity index (χ1v) is 11.0. The molecule has 3 aromatic rings. The van der Waals surface area contributed by atoms with E-state index in [1.54, 1.807) is 48.5 Å². The van der Waals surface area contributed by atoms with Crippen LogP contribution < -0.4 is 4.74 Å². The quantitative estimate of drug-likeness (QED) is 0.485. The van der Waals surface area contributed by atoms with E-state index in [2.05, 4.69) is 0 Å². The van der Waals surface area contributed by atoms with Crippen LogP contribution >= 0.6 is 11.6 Å². The molecule has 1 N–H and O–H groups in total. The number of carbonyl (C=O) groups excluding carboxylic acids is 2. The lowest BCUT2D eigenvalue weighted by Crippen LogP contribution is -2.36. The van der Waals surface area contributed by atoms with Crippen molar-refractivity contribution in [2.24, 2.45) is 0 Å². The summed E-state index contributed by atoms with van der Waals surface area (Å²) in [5, 5.41) is 12.0. The summed E-state index contributed by atoms with van der Waals surface area (Å²) in [6.45, 7) is 3.32. The highest BCUT2D eigenvalue weighted by Crippen LogP contribution is 2.40. The number of benzene rings is 2. The van der Waals surface area contributed by atoms with Crippen molar-refractivity contribution in [1.29, 1.82) is 0 Å². The molecule has 0 spiro atoms. The van der Waals surface area contributed by atoms with E-state index in [1.165, 1.54) is 4.90 Å². The maximum Gasteiger partial charge on any atom is 0.290 e. The molecule has 0 fully saturated rings. The van der Waals surface area contributed by atoms with Crippen LogP contribution in [0.5, 0.6) is 5.75 Å². The van der Waals surface area contributed by atoms with Crippen molar-refractivity contribution in [2.75, 3.05) is 33.8 Å². The zero-order chi connectivity index (χ0) is 23.7. The fourth-order valence-electron chi connectivity index (χ4n) is 3.94. The van der Waals surface area contributed by atoms with Crippen molar-refractivity contribution in [3.63, 3.8) is 0 Å². The van der Waals surface area contributed by atoms with Gasteiger partial charge in [-0.05, 0) is 63.0 Å². The summed E-state index contributed by atoms with van der Waals surface area (Å²) in [5.74, 6) is -0.971. The van der Waals surface area contributed by atoms with Crippen LogP contribution in [0.2, 0.25) is 5.02 Å². The molecule has 1 atom stereocenters. The topological polar surface area (TPSA) is 83.2 Å². The van der Waals surface area contributed by atoms with Gasteiger partial charge in [0.25, 0.3) is 5.91 Å². The number of carbonyl (C=O) groups is 2. The van der Waals surface area contributed by atoms with Crippen molar-refractivity contribution >= 4 is 34.3 Å². The predicted octanol–water partition coefficient (Wildman–Crippen LogP) is 4.62. The van der Waals surface area contributed by atoms with Gasteiger partial charge in [-0.25, -0.2) is 0 Å². The Morgan fingerprint density at radius 2 is 1.91 bits per heavy atom. The van der Waals surface area contributed by atoms with E-state index in [9.17, 15) is 14.7 Å². The van der Waals surface area contributed by atoms with Gasteiger partial charge in [0.05, 0.1) is 18.2 Å². The Balaban J connectivity index is 1.76. The van der Waals surface area contributed by atoms with Crippen molar-refractivity contribution < 1.29 is 23.8 Å². The summed E-state index contributed by atoms with van der Waals surface area (Å²) in [6.07, 6.45) is 0. The molecule has 2 heterocycles. The van der Waals surface area contributed by atoms with Crippen molar-refractivity contribution in [3.8, 4) is 5.75 Å². The van der Waals surface area contributed by atoms with Crippen LogP contribution in [0.25, 0.3) is 11.0 Å². The zero-order valence-electron chi connectivity index (χ0n) is 18.7. The molecule has 0 bridgehead atoms. The third kappa shape index (κ3) is 4.47. The van der Waals surface area contributed by atoms with E-state index in [-0.39, 0.29) is 11.3 Å². The van der Waals surface area contributed by atoms with Gasteiger partial charge in [0.1, 0.15) is 11.3 Å². The molecule has 1 aromatic heterocycles. The Kier molecular flexibility index (Phi) is 6.44. The SMILES string of the molecule is CCOc1ccc(C2C(C(=O)c3cc4cc(Cl)ccc4o3)=C(O)C(=O)N2CCN(C)C)cc1. The highest BCUT2D eigenvalue weighted by atomic mass is 35.5.